The molecule has 0 bridgehead atoms. The van der Waals surface area contributed by atoms with E-state index in [4.69, 9.17) is 21.3 Å². The molecule has 332 valence electrons. The number of halogens is 2. The summed E-state index contributed by atoms with van der Waals surface area (Å²) >= 11 is 6.58. The third-order valence-electron chi connectivity index (χ3n) is 13.4. The molecule has 4 saturated heterocycles. The van der Waals surface area contributed by atoms with Gasteiger partial charge in [-0.3, -0.25) is 34.2 Å². The highest BCUT2D eigenvalue weighted by Crippen LogP contribution is 2.45. The first-order valence-corrected chi connectivity index (χ1v) is 22.1. The molecule has 0 radical (unpaired) electrons. The maximum Gasteiger partial charge on any atom is 0.293 e. The lowest BCUT2D eigenvalue weighted by Gasteiger charge is -2.56. The fourth-order valence-corrected chi connectivity index (χ4v) is 10.2. The Morgan fingerprint density at radius 1 is 1.02 bits per heavy atom. The lowest BCUT2D eigenvalue weighted by molar-refractivity contribution is -0.137. The summed E-state index contributed by atoms with van der Waals surface area (Å²) in [5.41, 5.74) is 2.44. The number of carbonyl (C=O) groups is 4. The predicted molar refractivity (Wildman–Crippen MR) is 237 cm³/mol. The lowest BCUT2D eigenvalue weighted by atomic mass is 9.71. The van der Waals surface area contributed by atoms with Gasteiger partial charge >= 0.3 is 0 Å². The molecule has 4 amide bonds. The maximum absolute atomic E-state index is 16.5. The van der Waals surface area contributed by atoms with E-state index in [2.05, 4.69) is 36.8 Å². The number of alkyl halides is 1. The van der Waals surface area contributed by atoms with Crippen LogP contribution in [-0.4, -0.2) is 119 Å². The quantitative estimate of drug-likeness (QED) is 0.180. The summed E-state index contributed by atoms with van der Waals surface area (Å²) in [6, 6.07) is 12.1. The molecule has 18 heteroatoms. The average molecular weight is 883 g/mol. The van der Waals surface area contributed by atoms with Gasteiger partial charge in [0.2, 0.25) is 17.8 Å². The van der Waals surface area contributed by atoms with E-state index < -0.39 is 17.6 Å². The first kappa shape index (κ1) is 42.5. The second-order valence-corrected chi connectivity index (χ2v) is 18.4. The molecule has 2 aromatic heterocycles. The highest BCUT2D eigenvalue weighted by Gasteiger charge is 2.49. The van der Waals surface area contributed by atoms with Crippen LogP contribution < -0.4 is 36.0 Å². The van der Waals surface area contributed by atoms with Gasteiger partial charge in [-0.15, -0.1) is 0 Å². The Bertz CT molecular complexity index is 2550. The number of rotatable bonds is 11. The van der Waals surface area contributed by atoms with E-state index in [-0.39, 0.29) is 53.5 Å². The Kier molecular flexibility index (Phi) is 11.3. The molecule has 16 nitrogen and oxygen atoms in total. The molecule has 1 unspecified atom stereocenters. The Morgan fingerprint density at radius 3 is 2.48 bits per heavy atom. The first-order chi connectivity index (χ1) is 30.2. The van der Waals surface area contributed by atoms with Gasteiger partial charge < -0.3 is 34.6 Å². The van der Waals surface area contributed by atoms with Crippen LogP contribution >= 0.6 is 11.6 Å². The Morgan fingerprint density at radius 2 is 1.76 bits per heavy atom. The van der Waals surface area contributed by atoms with Crippen molar-refractivity contribution in [3.63, 3.8) is 0 Å². The SMILES string of the molecule is CNC(=O)COc1cc2cc(Nc3nc(N4CCC(F)(CN5CC6(CCN(c7cccc8c7CN(C7CCC(=O)NC7=O)C8=O)CC6)C5)CC4)ncc3Cl)ccc2n(C(C)C)c1=O. The van der Waals surface area contributed by atoms with Gasteiger partial charge in [0.15, 0.2) is 18.2 Å². The van der Waals surface area contributed by atoms with Crippen molar-refractivity contribution in [3.05, 3.63) is 75.2 Å². The number of nitrogens with one attached hydrogen (secondary N) is 3. The molecule has 7 heterocycles. The molecule has 5 aliphatic rings. The number of pyridine rings is 1. The van der Waals surface area contributed by atoms with E-state index in [9.17, 15) is 24.0 Å². The van der Waals surface area contributed by atoms with Crippen LogP contribution in [0.4, 0.5) is 27.5 Å². The van der Waals surface area contributed by atoms with Crippen LogP contribution in [0.15, 0.2) is 53.5 Å². The minimum atomic E-state index is -1.33. The van der Waals surface area contributed by atoms with Crippen LogP contribution in [0.3, 0.4) is 0 Å². The number of ether oxygens (including phenoxy) is 1. The van der Waals surface area contributed by atoms with E-state index in [0.29, 0.717) is 79.0 Å². The van der Waals surface area contributed by atoms with Crippen LogP contribution in [0.1, 0.15) is 74.3 Å². The average Bonchev–Trinajstić information content (AvgIpc) is 3.59. The Hall–Kier alpha value is -5.81. The molecular formula is C45H52ClFN10O6. The summed E-state index contributed by atoms with van der Waals surface area (Å²) in [6.07, 6.45) is 4.73. The molecule has 1 spiro atoms. The number of nitrogens with zero attached hydrogens (tertiary/aromatic N) is 7. The zero-order valence-electron chi connectivity index (χ0n) is 35.7. The standard InChI is InChI=1S/C45H52ClFN10O6/c1-27(2)57-33-8-7-29(19-28(33)20-36(42(57)62)63-23-38(59)48-3)50-39-32(46)21-49-43(52-39)55-17-13-45(47,14-18-55)26-53-24-44(25-53)11-15-54(16-12-44)34-6-4-5-30-31(34)22-56(41(30)61)35-9-10-37(58)51-40(35)60/h4-8,19-21,27,35H,9-18,22-26H2,1-3H3,(H,48,59)(H,49,50,52)(H,51,58,60). The van der Waals surface area contributed by atoms with Gasteiger partial charge in [0.25, 0.3) is 17.4 Å². The number of aromatic nitrogens is 3. The number of amides is 4. The number of likely N-dealkylation sites (tertiary alicyclic amines) is 1. The fraction of sp³-hybridized carbons (Fsp3) is 0.489. The largest absolute Gasteiger partial charge is 0.478 e. The summed E-state index contributed by atoms with van der Waals surface area (Å²) < 4.78 is 23.7. The first-order valence-electron chi connectivity index (χ1n) is 21.7. The van der Waals surface area contributed by atoms with Gasteiger partial charge in [-0.1, -0.05) is 17.7 Å². The van der Waals surface area contributed by atoms with Gasteiger partial charge in [-0.2, -0.15) is 4.98 Å². The van der Waals surface area contributed by atoms with Gasteiger partial charge in [-0.05, 0) is 74.9 Å². The van der Waals surface area contributed by atoms with Crippen molar-refractivity contribution < 1.29 is 28.3 Å². The third-order valence-corrected chi connectivity index (χ3v) is 13.7. The molecule has 4 aromatic rings. The molecule has 0 aliphatic carbocycles. The fourth-order valence-electron chi connectivity index (χ4n) is 10.0. The van der Waals surface area contributed by atoms with Crippen LogP contribution in [0, 0.1) is 5.41 Å². The third kappa shape index (κ3) is 8.28. The van der Waals surface area contributed by atoms with Crippen molar-refractivity contribution in [3.8, 4) is 5.75 Å². The summed E-state index contributed by atoms with van der Waals surface area (Å²) in [7, 11) is 1.50. The minimum Gasteiger partial charge on any atom is -0.478 e. The highest BCUT2D eigenvalue weighted by molar-refractivity contribution is 6.33. The van der Waals surface area contributed by atoms with Crippen molar-refractivity contribution in [2.24, 2.45) is 5.41 Å². The maximum atomic E-state index is 16.5. The van der Waals surface area contributed by atoms with E-state index in [0.717, 1.165) is 55.7 Å². The number of fused-ring (bicyclic) bond motifs is 2. The Labute approximate surface area is 369 Å². The number of hydrogen-bond donors (Lipinski definition) is 3. The molecular weight excluding hydrogens is 831 g/mol. The minimum absolute atomic E-state index is 0.0677. The van der Waals surface area contributed by atoms with Crippen LogP contribution in [0.5, 0.6) is 5.75 Å². The molecule has 63 heavy (non-hydrogen) atoms. The van der Waals surface area contributed by atoms with Gasteiger partial charge in [-0.25, -0.2) is 9.37 Å². The molecule has 0 saturated carbocycles. The number of carbonyl (C=O) groups excluding carboxylic acids is 4. The number of likely N-dealkylation sites (N-methyl/N-ethyl adjacent to an activating group) is 1. The van der Waals surface area contributed by atoms with E-state index >= 15 is 4.39 Å². The second-order valence-electron chi connectivity index (χ2n) is 18.0. The second kappa shape index (κ2) is 16.7. The van der Waals surface area contributed by atoms with E-state index in [1.807, 2.05) is 49.1 Å². The molecule has 2 aromatic carbocycles. The molecule has 4 fully saturated rings. The molecule has 1 atom stereocenters. The summed E-state index contributed by atoms with van der Waals surface area (Å²) in [5.74, 6) is -0.314. The normalized spacial score (nSPS) is 20.8. The van der Waals surface area contributed by atoms with E-state index in [1.165, 1.54) is 13.2 Å². The van der Waals surface area contributed by atoms with Crippen molar-refractivity contribution in [2.75, 3.05) is 74.6 Å². The van der Waals surface area contributed by atoms with Crippen molar-refractivity contribution in [2.45, 2.75) is 76.7 Å². The smallest absolute Gasteiger partial charge is 0.293 e. The van der Waals surface area contributed by atoms with Crippen LogP contribution in [0.25, 0.3) is 10.9 Å². The summed E-state index contributed by atoms with van der Waals surface area (Å²) in [5, 5.41) is 9.19. The van der Waals surface area contributed by atoms with Crippen molar-refractivity contribution in [1.82, 2.24) is 35.0 Å². The lowest BCUT2D eigenvalue weighted by Crippen LogP contribution is -2.63. The zero-order valence-corrected chi connectivity index (χ0v) is 36.5. The topological polar surface area (TPSA) is 174 Å². The molecule has 5 aliphatic heterocycles. The van der Waals surface area contributed by atoms with Crippen molar-refractivity contribution in [1.29, 1.82) is 0 Å². The number of piperidine rings is 3. The summed E-state index contributed by atoms with van der Waals surface area (Å²) in [4.78, 5) is 80.3. The number of benzene rings is 2. The number of imide groups is 1. The summed E-state index contributed by atoms with van der Waals surface area (Å²) in [6.45, 7) is 8.56. The zero-order chi connectivity index (χ0) is 44.2. The number of hydrogen-bond acceptors (Lipinski definition) is 12. The van der Waals surface area contributed by atoms with Gasteiger partial charge in [0.05, 0.1) is 11.7 Å². The molecule has 3 N–H and O–H groups in total. The van der Waals surface area contributed by atoms with Crippen LogP contribution in [0.2, 0.25) is 5.02 Å². The van der Waals surface area contributed by atoms with Gasteiger partial charge in [0.1, 0.15) is 16.7 Å². The predicted octanol–water partition coefficient (Wildman–Crippen LogP) is 4.57. The van der Waals surface area contributed by atoms with Gasteiger partial charge in [0, 0.05) is 113 Å². The molecule has 9 rings (SSSR count). The monoisotopic (exact) mass is 882 g/mol. The number of anilines is 4. The highest BCUT2D eigenvalue weighted by atomic mass is 35.5. The van der Waals surface area contributed by atoms with Crippen LogP contribution in [-0.2, 0) is 20.9 Å². The Balaban J connectivity index is 0.785. The van der Waals surface area contributed by atoms with E-state index in [1.54, 1.807) is 15.5 Å². The van der Waals surface area contributed by atoms with Crippen molar-refractivity contribution >= 4 is 69.3 Å².